The van der Waals surface area contributed by atoms with Crippen LogP contribution in [0.4, 0.5) is 5.82 Å². The number of aliphatic carboxylic acids is 1. The number of anilines is 1. The summed E-state index contributed by atoms with van der Waals surface area (Å²) in [6, 6.07) is 13.0. The summed E-state index contributed by atoms with van der Waals surface area (Å²) in [5.41, 5.74) is 3.30. The van der Waals surface area contributed by atoms with E-state index < -0.39 is 17.4 Å². The second-order valence-electron chi connectivity index (χ2n) is 12.4. The summed E-state index contributed by atoms with van der Waals surface area (Å²) in [5, 5.41) is 20.0. The molecule has 2 aliphatic rings. The first-order valence-electron chi connectivity index (χ1n) is 16.7. The van der Waals surface area contributed by atoms with Gasteiger partial charge in [0, 0.05) is 38.1 Å². The molecule has 1 saturated carbocycles. The van der Waals surface area contributed by atoms with Crippen LogP contribution in [0.2, 0.25) is 0 Å². The van der Waals surface area contributed by atoms with Crippen LogP contribution in [-0.2, 0) is 22.4 Å². The first-order chi connectivity index (χ1) is 22.3. The Kier molecular flexibility index (Phi) is 13.3. The molecule has 1 aromatic carbocycles. The molecule has 250 valence electrons. The minimum Gasteiger partial charge on any atom is -0.492 e. The van der Waals surface area contributed by atoms with Crippen molar-refractivity contribution in [2.24, 2.45) is 5.41 Å². The van der Waals surface area contributed by atoms with Gasteiger partial charge in [-0.1, -0.05) is 48.4 Å². The normalized spacial score (nSPS) is 16.5. The second kappa shape index (κ2) is 17.4. The van der Waals surface area contributed by atoms with Gasteiger partial charge in [-0.15, -0.1) is 0 Å². The number of allylic oxidation sites excluding steroid dienone is 3. The van der Waals surface area contributed by atoms with Crippen LogP contribution >= 0.6 is 11.6 Å². The highest BCUT2D eigenvalue weighted by Crippen LogP contribution is 2.52. The number of carbonyl (C=O) groups excluding carboxylic acids is 1. The number of carboxylic acid groups (broad SMARTS) is 1. The van der Waals surface area contributed by atoms with Crippen molar-refractivity contribution < 1.29 is 19.4 Å². The molecule has 0 bridgehead atoms. The summed E-state index contributed by atoms with van der Waals surface area (Å²) in [7, 11) is 1.75. The molecule has 1 unspecified atom stereocenters. The fraction of sp³-hybridized carbons (Fsp3) is 0.528. The number of para-hydroxylation sites is 1. The SMILES string of the molecule is CCC(C)=C/C(Cl)=C(\NC)C1(C(=O)NC(CCN(CCCCc2ccc3c(n2)NCCC3)CCOc2ccccc2)C(=O)O)CC1. The predicted octanol–water partition coefficient (Wildman–Crippen LogP) is 5.91. The molecule has 1 atom stereocenters. The molecule has 46 heavy (non-hydrogen) atoms. The van der Waals surface area contributed by atoms with Crippen molar-refractivity contribution in [3.8, 4) is 5.75 Å². The van der Waals surface area contributed by atoms with Gasteiger partial charge in [0.15, 0.2) is 0 Å². The molecule has 2 aromatic rings. The zero-order valence-electron chi connectivity index (χ0n) is 27.5. The smallest absolute Gasteiger partial charge is 0.326 e. The molecular formula is C36H50ClN5O4. The molecule has 2 heterocycles. The lowest BCUT2D eigenvalue weighted by molar-refractivity contribution is -0.142. The van der Waals surface area contributed by atoms with Crippen molar-refractivity contribution in [1.82, 2.24) is 20.5 Å². The molecule has 0 spiro atoms. The van der Waals surface area contributed by atoms with Crippen LogP contribution in [0.5, 0.6) is 5.75 Å². The molecule has 1 aliphatic heterocycles. The van der Waals surface area contributed by atoms with E-state index in [4.69, 9.17) is 21.3 Å². The number of aryl methyl sites for hydroxylation is 2. The summed E-state index contributed by atoms with van der Waals surface area (Å²) in [5.74, 6) is 0.483. The second-order valence-corrected chi connectivity index (χ2v) is 12.8. The zero-order chi connectivity index (χ0) is 32.9. The molecule has 1 fully saturated rings. The van der Waals surface area contributed by atoms with Crippen LogP contribution in [0.25, 0.3) is 0 Å². The van der Waals surface area contributed by atoms with E-state index in [0.29, 0.717) is 43.3 Å². The van der Waals surface area contributed by atoms with Crippen LogP contribution in [0, 0.1) is 5.41 Å². The lowest BCUT2D eigenvalue weighted by Crippen LogP contribution is -2.47. The molecule has 0 saturated heterocycles. The number of amides is 1. The standard InChI is InChI=1S/C36H50ClN5O4/c1-4-26(2)25-30(37)32(38-3)36(18-19-36)35(45)41-31(34(43)44)17-22-42(23-24-46-29-13-6-5-7-14-29)21-9-8-12-28-16-15-27-11-10-20-39-33(27)40-28/h5-7,13-16,25,31,38H,4,8-12,17-24H2,1-3H3,(H,39,40)(H,41,45)(H,43,44)/b26-25?,32-30+. The van der Waals surface area contributed by atoms with Gasteiger partial charge in [-0.05, 0) is 101 Å². The van der Waals surface area contributed by atoms with E-state index in [0.717, 1.165) is 74.4 Å². The Morgan fingerprint density at radius 3 is 2.63 bits per heavy atom. The van der Waals surface area contributed by atoms with Gasteiger partial charge in [0.2, 0.25) is 5.91 Å². The van der Waals surface area contributed by atoms with E-state index in [-0.39, 0.29) is 12.3 Å². The van der Waals surface area contributed by atoms with Gasteiger partial charge in [-0.3, -0.25) is 9.69 Å². The number of hydrogen-bond acceptors (Lipinski definition) is 7. The maximum atomic E-state index is 13.5. The van der Waals surface area contributed by atoms with Crippen LogP contribution < -0.4 is 20.7 Å². The number of fused-ring (bicyclic) bond motifs is 1. The maximum Gasteiger partial charge on any atom is 0.326 e. The molecule has 1 amide bonds. The molecule has 4 N–H and O–H groups in total. The molecule has 0 radical (unpaired) electrons. The van der Waals surface area contributed by atoms with E-state index in [9.17, 15) is 14.7 Å². The number of unbranched alkanes of at least 4 members (excludes halogenated alkanes) is 1. The van der Waals surface area contributed by atoms with Gasteiger partial charge in [-0.25, -0.2) is 9.78 Å². The zero-order valence-corrected chi connectivity index (χ0v) is 28.3. The topological polar surface area (TPSA) is 116 Å². The lowest BCUT2D eigenvalue weighted by atomic mass is 9.98. The minimum absolute atomic E-state index is 0.279. The molecular weight excluding hydrogens is 602 g/mol. The number of rotatable bonds is 19. The van der Waals surface area contributed by atoms with Crippen molar-refractivity contribution in [2.75, 3.05) is 45.2 Å². The maximum absolute atomic E-state index is 13.5. The molecule has 4 rings (SSSR count). The predicted molar refractivity (Wildman–Crippen MR) is 184 cm³/mol. The Bertz CT molecular complexity index is 1380. The molecule has 1 aliphatic carbocycles. The average molecular weight is 652 g/mol. The Labute approximate surface area is 278 Å². The number of nitrogens with one attached hydrogen (secondary N) is 3. The van der Waals surface area contributed by atoms with Crippen molar-refractivity contribution in [2.45, 2.75) is 77.7 Å². The van der Waals surface area contributed by atoms with Crippen molar-refractivity contribution in [1.29, 1.82) is 0 Å². The summed E-state index contributed by atoms with van der Waals surface area (Å²) >= 11 is 6.63. The highest BCUT2D eigenvalue weighted by molar-refractivity contribution is 6.32. The van der Waals surface area contributed by atoms with Crippen molar-refractivity contribution in [3.05, 3.63) is 76.1 Å². The summed E-state index contributed by atoms with van der Waals surface area (Å²) in [4.78, 5) is 32.9. The quantitative estimate of drug-likeness (QED) is 0.110. The lowest BCUT2D eigenvalue weighted by Gasteiger charge is -2.26. The fourth-order valence-corrected chi connectivity index (χ4v) is 6.31. The first kappa shape index (κ1) is 35.3. The van der Waals surface area contributed by atoms with Crippen LogP contribution in [0.15, 0.2) is 64.8 Å². The highest BCUT2D eigenvalue weighted by atomic mass is 35.5. The van der Waals surface area contributed by atoms with Gasteiger partial charge in [0.1, 0.15) is 24.2 Å². The number of ether oxygens (including phenoxy) is 1. The number of carbonyl (C=O) groups is 2. The van der Waals surface area contributed by atoms with Crippen LogP contribution in [-0.4, -0.2) is 72.7 Å². The Balaban J connectivity index is 1.35. The monoisotopic (exact) mass is 651 g/mol. The van der Waals surface area contributed by atoms with E-state index in [2.05, 4.69) is 33.0 Å². The van der Waals surface area contributed by atoms with E-state index in [1.165, 1.54) is 5.56 Å². The number of pyridine rings is 1. The van der Waals surface area contributed by atoms with E-state index in [1.54, 1.807) is 7.05 Å². The van der Waals surface area contributed by atoms with Gasteiger partial charge in [0.25, 0.3) is 0 Å². The number of carboxylic acids is 1. The number of nitrogens with zero attached hydrogens (tertiary/aromatic N) is 2. The molecule has 9 nitrogen and oxygen atoms in total. The van der Waals surface area contributed by atoms with Gasteiger partial charge >= 0.3 is 5.97 Å². The minimum atomic E-state index is -1.04. The third kappa shape index (κ3) is 9.97. The largest absolute Gasteiger partial charge is 0.492 e. The van der Waals surface area contributed by atoms with Crippen molar-refractivity contribution in [3.63, 3.8) is 0 Å². The van der Waals surface area contributed by atoms with Gasteiger partial charge < -0.3 is 25.8 Å². The first-order valence-corrected chi connectivity index (χ1v) is 17.1. The van der Waals surface area contributed by atoms with Crippen LogP contribution in [0.1, 0.15) is 70.1 Å². The molecule has 1 aromatic heterocycles. The number of hydrogen-bond donors (Lipinski definition) is 4. The van der Waals surface area contributed by atoms with E-state index >= 15 is 0 Å². The fourth-order valence-electron chi connectivity index (χ4n) is 5.85. The highest BCUT2D eigenvalue weighted by Gasteiger charge is 2.54. The summed E-state index contributed by atoms with van der Waals surface area (Å²) in [6.07, 6.45) is 9.25. The average Bonchev–Trinajstić information content (AvgIpc) is 3.86. The number of halogens is 1. The van der Waals surface area contributed by atoms with Gasteiger partial charge in [0.05, 0.1) is 10.4 Å². The number of benzene rings is 1. The van der Waals surface area contributed by atoms with Crippen molar-refractivity contribution >= 4 is 29.3 Å². The Hall–Kier alpha value is -3.56. The van der Waals surface area contributed by atoms with E-state index in [1.807, 2.05) is 50.3 Å². The molecule has 10 heteroatoms. The van der Waals surface area contributed by atoms with Crippen LogP contribution in [0.3, 0.4) is 0 Å². The number of aromatic nitrogens is 1. The Morgan fingerprint density at radius 1 is 1.15 bits per heavy atom. The third-order valence-corrected chi connectivity index (χ3v) is 9.25. The summed E-state index contributed by atoms with van der Waals surface area (Å²) in [6.45, 7) is 7.44. The Morgan fingerprint density at radius 2 is 1.93 bits per heavy atom. The summed E-state index contributed by atoms with van der Waals surface area (Å²) < 4.78 is 5.96. The third-order valence-electron chi connectivity index (χ3n) is 8.95. The van der Waals surface area contributed by atoms with Gasteiger partial charge in [-0.2, -0.15) is 0 Å².